The Kier molecular flexibility index (Phi) is 4.02. The quantitative estimate of drug-likeness (QED) is 0.780. The standard InChI is InChI=1S/C15H15BrO2/c1-10(2)9-11-3-5-12(6-4-11)14(17)13-7-8-18-15(13)16/h3-8,10H,9H2,1-2H3. The number of ketones is 1. The van der Waals surface area contributed by atoms with Gasteiger partial charge in [-0.05, 0) is 39.9 Å². The fraction of sp³-hybridized carbons (Fsp3) is 0.267. The van der Waals surface area contributed by atoms with Crippen molar-refractivity contribution in [3.05, 3.63) is 58.0 Å². The van der Waals surface area contributed by atoms with Crippen molar-refractivity contribution in [2.75, 3.05) is 0 Å². The lowest BCUT2D eigenvalue weighted by atomic mass is 9.99. The molecule has 0 spiro atoms. The summed E-state index contributed by atoms with van der Waals surface area (Å²) in [6.07, 6.45) is 2.54. The van der Waals surface area contributed by atoms with Crippen LogP contribution >= 0.6 is 15.9 Å². The average molecular weight is 307 g/mol. The number of carbonyl (C=O) groups is 1. The number of halogens is 1. The van der Waals surface area contributed by atoms with Gasteiger partial charge >= 0.3 is 0 Å². The van der Waals surface area contributed by atoms with Crippen LogP contribution in [0, 0.1) is 5.92 Å². The molecule has 0 aliphatic carbocycles. The number of benzene rings is 1. The van der Waals surface area contributed by atoms with E-state index in [4.69, 9.17) is 4.42 Å². The smallest absolute Gasteiger partial charge is 0.197 e. The molecule has 3 heteroatoms. The van der Waals surface area contributed by atoms with Crippen molar-refractivity contribution in [3.63, 3.8) is 0 Å². The molecular weight excluding hydrogens is 292 g/mol. The maximum Gasteiger partial charge on any atom is 0.197 e. The van der Waals surface area contributed by atoms with Gasteiger partial charge in [0.1, 0.15) is 0 Å². The second-order valence-corrected chi connectivity index (χ2v) is 5.45. The van der Waals surface area contributed by atoms with Crippen molar-refractivity contribution in [2.24, 2.45) is 5.92 Å². The largest absolute Gasteiger partial charge is 0.457 e. The Balaban J connectivity index is 2.20. The van der Waals surface area contributed by atoms with E-state index in [1.165, 1.54) is 11.8 Å². The lowest BCUT2D eigenvalue weighted by molar-refractivity contribution is 0.103. The first-order valence-electron chi connectivity index (χ1n) is 5.94. The molecule has 1 heterocycles. The zero-order chi connectivity index (χ0) is 13.1. The zero-order valence-corrected chi connectivity index (χ0v) is 12.0. The van der Waals surface area contributed by atoms with Gasteiger partial charge in [0.25, 0.3) is 0 Å². The lowest BCUT2D eigenvalue weighted by Gasteiger charge is -2.05. The molecule has 2 rings (SSSR count). The molecule has 0 aliphatic heterocycles. The van der Waals surface area contributed by atoms with Crippen LogP contribution in [0.4, 0.5) is 0 Å². The summed E-state index contributed by atoms with van der Waals surface area (Å²) in [5.41, 5.74) is 2.50. The van der Waals surface area contributed by atoms with Crippen LogP contribution in [0.3, 0.4) is 0 Å². The van der Waals surface area contributed by atoms with Crippen molar-refractivity contribution in [3.8, 4) is 0 Å². The van der Waals surface area contributed by atoms with E-state index in [0.29, 0.717) is 21.7 Å². The summed E-state index contributed by atoms with van der Waals surface area (Å²) in [6, 6.07) is 9.45. The Hall–Kier alpha value is -1.35. The highest BCUT2D eigenvalue weighted by Gasteiger charge is 2.14. The average Bonchev–Trinajstić information content (AvgIpc) is 2.75. The maximum absolute atomic E-state index is 12.2. The normalized spacial score (nSPS) is 10.9. The molecule has 2 aromatic rings. The second kappa shape index (κ2) is 5.53. The Morgan fingerprint density at radius 2 is 1.89 bits per heavy atom. The molecule has 0 saturated heterocycles. The minimum atomic E-state index is -0.0216. The van der Waals surface area contributed by atoms with Crippen LogP contribution < -0.4 is 0 Å². The van der Waals surface area contributed by atoms with Gasteiger partial charge in [0.15, 0.2) is 10.5 Å². The summed E-state index contributed by atoms with van der Waals surface area (Å²) >= 11 is 3.22. The molecule has 1 aromatic carbocycles. The predicted molar refractivity (Wildman–Crippen MR) is 74.8 cm³/mol. The molecule has 0 radical (unpaired) electrons. The van der Waals surface area contributed by atoms with Crippen molar-refractivity contribution in [1.82, 2.24) is 0 Å². The highest BCUT2D eigenvalue weighted by atomic mass is 79.9. The van der Waals surface area contributed by atoms with Crippen LogP contribution in [0.1, 0.15) is 35.3 Å². The Morgan fingerprint density at radius 1 is 1.22 bits per heavy atom. The van der Waals surface area contributed by atoms with Crippen LogP contribution in [-0.4, -0.2) is 5.78 Å². The van der Waals surface area contributed by atoms with E-state index >= 15 is 0 Å². The second-order valence-electron chi connectivity index (χ2n) is 4.73. The van der Waals surface area contributed by atoms with E-state index in [1.54, 1.807) is 6.07 Å². The fourth-order valence-corrected chi connectivity index (χ4v) is 2.29. The lowest BCUT2D eigenvalue weighted by Crippen LogP contribution is -2.01. The molecule has 2 nitrogen and oxygen atoms in total. The molecule has 0 atom stereocenters. The van der Waals surface area contributed by atoms with Crippen LogP contribution in [0.2, 0.25) is 0 Å². The van der Waals surface area contributed by atoms with Crippen molar-refractivity contribution >= 4 is 21.7 Å². The summed E-state index contributed by atoms with van der Waals surface area (Å²) in [7, 11) is 0. The highest BCUT2D eigenvalue weighted by Crippen LogP contribution is 2.21. The van der Waals surface area contributed by atoms with Crippen LogP contribution in [0.5, 0.6) is 0 Å². The molecule has 94 valence electrons. The maximum atomic E-state index is 12.2. The van der Waals surface area contributed by atoms with Gasteiger partial charge in [-0.15, -0.1) is 0 Å². The molecule has 18 heavy (non-hydrogen) atoms. The Morgan fingerprint density at radius 3 is 2.39 bits per heavy atom. The molecule has 1 aromatic heterocycles. The number of carbonyl (C=O) groups excluding carboxylic acids is 1. The molecule has 0 N–H and O–H groups in total. The third-order valence-electron chi connectivity index (χ3n) is 2.72. The molecule has 0 amide bonds. The van der Waals surface area contributed by atoms with Gasteiger partial charge in [-0.1, -0.05) is 38.1 Å². The number of furan rings is 1. The molecule has 0 aliphatic rings. The van der Waals surface area contributed by atoms with E-state index < -0.39 is 0 Å². The molecule has 0 saturated carbocycles. The summed E-state index contributed by atoms with van der Waals surface area (Å²) in [4.78, 5) is 12.2. The van der Waals surface area contributed by atoms with E-state index in [2.05, 4.69) is 29.8 Å². The topological polar surface area (TPSA) is 30.2 Å². The van der Waals surface area contributed by atoms with Gasteiger partial charge in [0.2, 0.25) is 0 Å². The van der Waals surface area contributed by atoms with Crippen LogP contribution in [-0.2, 0) is 6.42 Å². The molecule has 0 fully saturated rings. The molecular formula is C15H15BrO2. The first-order chi connectivity index (χ1) is 8.58. The van der Waals surface area contributed by atoms with Gasteiger partial charge in [-0.2, -0.15) is 0 Å². The van der Waals surface area contributed by atoms with E-state index in [-0.39, 0.29) is 5.78 Å². The zero-order valence-electron chi connectivity index (χ0n) is 10.4. The first kappa shape index (κ1) is 13.1. The van der Waals surface area contributed by atoms with E-state index in [9.17, 15) is 4.79 Å². The van der Waals surface area contributed by atoms with E-state index in [0.717, 1.165) is 6.42 Å². The Bertz CT molecular complexity index is 538. The summed E-state index contributed by atoms with van der Waals surface area (Å²) < 4.78 is 5.56. The first-order valence-corrected chi connectivity index (χ1v) is 6.74. The van der Waals surface area contributed by atoms with Crippen LogP contribution in [0.15, 0.2) is 45.7 Å². The number of hydrogen-bond donors (Lipinski definition) is 0. The number of rotatable bonds is 4. The third-order valence-corrected chi connectivity index (χ3v) is 3.34. The van der Waals surface area contributed by atoms with E-state index in [1.807, 2.05) is 24.3 Å². The molecule has 0 unspecified atom stereocenters. The third kappa shape index (κ3) is 2.91. The monoisotopic (exact) mass is 306 g/mol. The summed E-state index contributed by atoms with van der Waals surface area (Å²) in [6.45, 7) is 4.36. The van der Waals surface area contributed by atoms with Gasteiger partial charge in [0.05, 0.1) is 11.8 Å². The fourth-order valence-electron chi connectivity index (χ4n) is 1.87. The number of hydrogen-bond acceptors (Lipinski definition) is 2. The van der Waals surface area contributed by atoms with Gasteiger partial charge in [-0.3, -0.25) is 4.79 Å². The predicted octanol–water partition coefficient (Wildman–Crippen LogP) is 4.47. The summed E-state index contributed by atoms with van der Waals surface area (Å²) in [5.74, 6) is 0.598. The minimum Gasteiger partial charge on any atom is -0.457 e. The van der Waals surface area contributed by atoms with Gasteiger partial charge in [-0.25, -0.2) is 0 Å². The summed E-state index contributed by atoms with van der Waals surface area (Å²) in [5, 5.41) is 0. The molecule has 0 bridgehead atoms. The minimum absolute atomic E-state index is 0.0216. The SMILES string of the molecule is CC(C)Cc1ccc(C(=O)c2ccoc2Br)cc1. The van der Waals surface area contributed by atoms with Crippen LogP contribution in [0.25, 0.3) is 0 Å². The Labute approximate surface area is 115 Å². The van der Waals surface area contributed by atoms with Crippen molar-refractivity contribution in [1.29, 1.82) is 0 Å². The van der Waals surface area contributed by atoms with Crippen molar-refractivity contribution in [2.45, 2.75) is 20.3 Å². The van der Waals surface area contributed by atoms with Gasteiger partial charge < -0.3 is 4.42 Å². The van der Waals surface area contributed by atoms with Gasteiger partial charge in [0, 0.05) is 5.56 Å². The van der Waals surface area contributed by atoms with Crippen molar-refractivity contribution < 1.29 is 9.21 Å². The highest BCUT2D eigenvalue weighted by molar-refractivity contribution is 9.10.